The minimum absolute atomic E-state index is 0.0937. The second kappa shape index (κ2) is 8.93. The molecule has 0 radical (unpaired) electrons. The maximum Gasteiger partial charge on any atom is 0.308 e. The predicted octanol–water partition coefficient (Wildman–Crippen LogP) is 7.31. The summed E-state index contributed by atoms with van der Waals surface area (Å²) in [7, 11) is 4.53. The first-order valence-corrected chi connectivity index (χ1v) is 14.9. The van der Waals surface area contributed by atoms with Crippen LogP contribution in [0.4, 0.5) is 0 Å². The summed E-state index contributed by atoms with van der Waals surface area (Å²) in [4.78, 5) is 26.5. The van der Waals surface area contributed by atoms with Gasteiger partial charge in [0.05, 0.1) is 0 Å². The topological polar surface area (TPSA) is 55.8 Å². The van der Waals surface area contributed by atoms with E-state index in [1.165, 1.54) is 63.5 Å². The van der Waals surface area contributed by atoms with E-state index in [2.05, 4.69) is 59.7 Å². The van der Waals surface area contributed by atoms with E-state index < -0.39 is 11.9 Å². The third-order valence-electron chi connectivity index (χ3n) is 12.6. The fraction of sp³-hybridized carbons (Fsp3) is 0.706. The van der Waals surface area contributed by atoms with E-state index >= 15 is 0 Å². The largest absolute Gasteiger partial charge is 0.423 e. The van der Waals surface area contributed by atoms with Gasteiger partial charge in [0.25, 0.3) is 0 Å². The van der Waals surface area contributed by atoms with E-state index in [0.29, 0.717) is 22.8 Å². The second-order valence-electron chi connectivity index (χ2n) is 14.7. The molecule has 39 heavy (non-hydrogen) atoms. The van der Waals surface area contributed by atoms with Crippen LogP contribution in [0.15, 0.2) is 17.7 Å². The van der Waals surface area contributed by atoms with Crippen LogP contribution in [0.3, 0.4) is 0 Å². The lowest BCUT2D eigenvalue weighted by atomic mass is 9.35. The van der Waals surface area contributed by atoms with Gasteiger partial charge in [-0.3, -0.25) is 9.59 Å². The summed E-state index contributed by atoms with van der Waals surface area (Å²) in [5, 5.41) is 0. The number of carbonyl (C=O) groups excluding carboxylic acids is 2. The van der Waals surface area contributed by atoms with Crippen LogP contribution in [0.1, 0.15) is 110 Å². The first kappa shape index (κ1) is 28.4. The van der Waals surface area contributed by atoms with Crippen molar-refractivity contribution in [1.29, 1.82) is 0 Å². The van der Waals surface area contributed by atoms with Crippen LogP contribution in [0.2, 0.25) is 0 Å². The van der Waals surface area contributed by atoms with Crippen molar-refractivity contribution in [1.82, 2.24) is 4.90 Å². The van der Waals surface area contributed by atoms with Gasteiger partial charge in [-0.1, -0.05) is 39.3 Å². The molecule has 0 spiro atoms. The Morgan fingerprint density at radius 3 is 2.15 bits per heavy atom. The highest BCUT2D eigenvalue weighted by Gasteiger charge is 2.66. The molecular formula is C34H49NO4. The van der Waals surface area contributed by atoms with Crippen LogP contribution in [-0.2, 0) is 21.4 Å². The summed E-state index contributed by atoms with van der Waals surface area (Å²) < 4.78 is 11.3. The van der Waals surface area contributed by atoms with Gasteiger partial charge in [-0.05, 0) is 124 Å². The minimum Gasteiger partial charge on any atom is -0.423 e. The summed E-state index contributed by atoms with van der Waals surface area (Å²) in [6.45, 7) is 17.4. The van der Waals surface area contributed by atoms with Gasteiger partial charge in [0.1, 0.15) is 0 Å². The molecule has 0 unspecified atom stereocenters. The molecule has 4 aliphatic carbocycles. The lowest BCUT2D eigenvalue weighted by Crippen LogP contribution is -2.64. The molecule has 5 nitrogen and oxygen atoms in total. The normalized spacial score (nSPS) is 39.1. The highest BCUT2D eigenvalue weighted by molar-refractivity contribution is 5.76. The summed E-state index contributed by atoms with van der Waals surface area (Å²) in [5.41, 5.74) is 5.71. The Bertz CT molecular complexity index is 1260. The van der Waals surface area contributed by atoms with Crippen LogP contribution >= 0.6 is 0 Å². The fourth-order valence-electron chi connectivity index (χ4n) is 9.57. The first-order chi connectivity index (χ1) is 18.0. The third-order valence-corrected chi connectivity index (χ3v) is 12.6. The number of hydrogen-bond donors (Lipinski definition) is 0. The summed E-state index contributed by atoms with van der Waals surface area (Å²) >= 11 is 0. The molecule has 0 N–H and O–H groups in total. The van der Waals surface area contributed by atoms with Crippen LogP contribution < -0.4 is 9.47 Å². The van der Waals surface area contributed by atoms with Crippen molar-refractivity contribution in [3.63, 3.8) is 0 Å². The van der Waals surface area contributed by atoms with Gasteiger partial charge >= 0.3 is 11.9 Å². The number of esters is 2. The number of nitrogens with zero attached hydrogens (tertiary/aromatic N) is 1. The smallest absolute Gasteiger partial charge is 0.308 e. The molecule has 3 saturated carbocycles. The Labute approximate surface area is 235 Å². The SMILES string of the molecule is CC(=O)Oc1cc2c(c(C)c1OC(C)=O)CC=C1[C@@]2(C)CC[C@@]2(C)[C@@H]3C[C@](C)(N(C)C)CC[C@]3(C)CC[C@]12C. The third kappa shape index (κ3) is 3.96. The maximum atomic E-state index is 12.1. The van der Waals surface area contributed by atoms with E-state index in [1.54, 1.807) is 5.57 Å². The highest BCUT2D eigenvalue weighted by Crippen LogP contribution is 2.74. The molecule has 1 aromatic carbocycles. The Morgan fingerprint density at radius 1 is 0.897 bits per heavy atom. The fourth-order valence-corrected chi connectivity index (χ4v) is 9.57. The number of rotatable bonds is 3. The number of allylic oxidation sites excluding steroid dienone is 2. The molecule has 0 amide bonds. The zero-order valence-electron chi connectivity index (χ0n) is 26.0. The van der Waals surface area contributed by atoms with E-state index in [0.717, 1.165) is 18.4 Å². The molecule has 5 rings (SSSR count). The van der Waals surface area contributed by atoms with Gasteiger partial charge in [-0.15, -0.1) is 0 Å². The zero-order valence-corrected chi connectivity index (χ0v) is 26.0. The van der Waals surface area contributed by atoms with E-state index in [4.69, 9.17) is 9.47 Å². The molecule has 4 aliphatic rings. The standard InChI is InChI=1S/C34H49NO4/c1-21-24-11-12-27-32(6,25(24)19-26(38-22(2)36)29(21)39-23(3)37)16-18-34(8)28-20-31(5,35(9)10)15-13-30(28,4)14-17-33(27,34)7/h12,19,28H,11,13-18,20H2,1-10H3/t28-,30-,31-,32+,33-,34+/m1/s1. The Balaban J connectivity index is 1.62. The molecule has 0 aromatic heterocycles. The van der Waals surface area contributed by atoms with Crippen molar-refractivity contribution in [2.45, 2.75) is 118 Å². The number of benzene rings is 1. The Kier molecular flexibility index (Phi) is 6.50. The number of hydrogen-bond acceptors (Lipinski definition) is 5. The molecule has 1 aromatic rings. The van der Waals surface area contributed by atoms with Gasteiger partial charge in [0, 0.05) is 24.8 Å². The molecule has 5 heteroatoms. The van der Waals surface area contributed by atoms with Gasteiger partial charge < -0.3 is 14.4 Å². The average Bonchev–Trinajstić information content (AvgIpc) is 2.84. The quantitative estimate of drug-likeness (QED) is 0.231. The van der Waals surface area contributed by atoms with Crippen molar-refractivity contribution in [3.8, 4) is 11.5 Å². The van der Waals surface area contributed by atoms with Crippen molar-refractivity contribution >= 4 is 11.9 Å². The molecule has 0 saturated heterocycles. The summed E-state index contributed by atoms with van der Waals surface area (Å²) in [5.74, 6) is 0.590. The van der Waals surface area contributed by atoms with Crippen LogP contribution in [0, 0.1) is 29.1 Å². The molecule has 3 fully saturated rings. The maximum absolute atomic E-state index is 12.1. The van der Waals surface area contributed by atoms with Crippen molar-refractivity contribution in [3.05, 3.63) is 34.4 Å². The Morgan fingerprint density at radius 2 is 1.54 bits per heavy atom. The van der Waals surface area contributed by atoms with E-state index in [1.807, 2.05) is 13.0 Å². The lowest BCUT2D eigenvalue weighted by Gasteiger charge is -2.70. The van der Waals surface area contributed by atoms with Crippen LogP contribution in [0.25, 0.3) is 0 Å². The zero-order chi connectivity index (χ0) is 28.8. The van der Waals surface area contributed by atoms with E-state index in [-0.39, 0.29) is 21.8 Å². The van der Waals surface area contributed by atoms with Crippen molar-refractivity contribution < 1.29 is 19.1 Å². The molecule has 6 atom stereocenters. The second-order valence-corrected chi connectivity index (χ2v) is 14.7. The molecule has 0 bridgehead atoms. The van der Waals surface area contributed by atoms with Crippen LogP contribution in [0.5, 0.6) is 11.5 Å². The van der Waals surface area contributed by atoms with Gasteiger partial charge in [0.2, 0.25) is 0 Å². The molecular weight excluding hydrogens is 486 g/mol. The minimum atomic E-state index is -0.409. The van der Waals surface area contributed by atoms with Crippen molar-refractivity contribution in [2.75, 3.05) is 14.1 Å². The molecule has 0 heterocycles. The first-order valence-electron chi connectivity index (χ1n) is 14.9. The number of ether oxygens (including phenoxy) is 2. The van der Waals surface area contributed by atoms with Crippen LogP contribution in [-0.4, -0.2) is 36.5 Å². The predicted molar refractivity (Wildman–Crippen MR) is 155 cm³/mol. The number of carbonyl (C=O) groups is 2. The van der Waals surface area contributed by atoms with Gasteiger partial charge in [-0.2, -0.15) is 0 Å². The monoisotopic (exact) mass is 535 g/mol. The summed E-state index contributed by atoms with van der Waals surface area (Å²) in [6.07, 6.45) is 11.9. The van der Waals surface area contributed by atoms with E-state index in [9.17, 15) is 9.59 Å². The average molecular weight is 536 g/mol. The molecule has 0 aliphatic heterocycles. The van der Waals surface area contributed by atoms with Gasteiger partial charge in [0.15, 0.2) is 11.5 Å². The Hall–Kier alpha value is -2.14. The van der Waals surface area contributed by atoms with Gasteiger partial charge in [-0.25, -0.2) is 0 Å². The highest BCUT2D eigenvalue weighted by atomic mass is 16.6. The van der Waals surface area contributed by atoms with Crippen molar-refractivity contribution in [2.24, 2.45) is 22.2 Å². The lowest BCUT2D eigenvalue weighted by molar-refractivity contribution is -0.160. The molecule has 214 valence electrons. The summed E-state index contributed by atoms with van der Waals surface area (Å²) in [6, 6.07) is 2.01. The number of fused-ring (bicyclic) bond motifs is 7.